The van der Waals surface area contributed by atoms with Crippen LogP contribution in [0.2, 0.25) is 0 Å². The van der Waals surface area contributed by atoms with Crippen molar-refractivity contribution in [2.24, 2.45) is 0 Å². The molecular formula is C13H18O7. The first-order chi connectivity index (χ1) is 9.47. The van der Waals surface area contributed by atoms with Gasteiger partial charge in [0.2, 0.25) is 0 Å². The van der Waals surface area contributed by atoms with E-state index < -0.39 is 43.6 Å². The van der Waals surface area contributed by atoms with Gasteiger partial charge < -0.3 is 30.3 Å². The van der Waals surface area contributed by atoms with Crippen molar-refractivity contribution < 1.29 is 35.1 Å². The lowest BCUT2D eigenvalue weighted by molar-refractivity contribution is -0.124. The van der Waals surface area contributed by atoms with E-state index in [1.54, 1.807) is 18.2 Å². The van der Waals surface area contributed by atoms with Gasteiger partial charge in [0.15, 0.2) is 0 Å². The van der Waals surface area contributed by atoms with Gasteiger partial charge in [-0.1, -0.05) is 18.2 Å². The van der Waals surface area contributed by atoms with Gasteiger partial charge in [-0.05, 0) is 12.1 Å². The Morgan fingerprint density at radius 3 is 2.10 bits per heavy atom. The van der Waals surface area contributed by atoms with Crippen molar-refractivity contribution >= 4 is 5.97 Å². The molecule has 0 fully saturated rings. The molecule has 0 aliphatic heterocycles. The van der Waals surface area contributed by atoms with Gasteiger partial charge in [-0.2, -0.15) is 0 Å². The van der Waals surface area contributed by atoms with Crippen LogP contribution in [0.25, 0.3) is 0 Å². The summed E-state index contributed by atoms with van der Waals surface area (Å²) in [5.41, 5.74) is 0.283. The molecule has 4 atom stereocenters. The predicted octanol–water partition coefficient (Wildman–Crippen LogP) is -1.72. The lowest BCUT2D eigenvalue weighted by Crippen LogP contribution is -2.47. The third kappa shape index (κ3) is 4.55. The van der Waals surface area contributed by atoms with Crippen molar-refractivity contribution in [3.8, 4) is 0 Å². The minimum atomic E-state index is -1.75. The average molecular weight is 286 g/mol. The van der Waals surface area contributed by atoms with Gasteiger partial charge in [-0.3, -0.25) is 0 Å². The van der Waals surface area contributed by atoms with Crippen LogP contribution in [0.15, 0.2) is 30.3 Å². The highest BCUT2D eigenvalue weighted by Crippen LogP contribution is 2.07. The molecule has 0 spiro atoms. The molecule has 0 saturated carbocycles. The maximum absolute atomic E-state index is 11.6. The fourth-order valence-corrected chi connectivity index (χ4v) is 1.48. The molecule has 7 nitrogen and oxygen atoms in total. The molecular weight excluding hydrogens is 268 g/mol. The standard InChI is InChI=1S/C13H18O7/c14-6-9(15)11(17)12(18)10(16)7-20-13(19)8-4-2-1-3-5-8/h1-5,9-12,14-18H,6-7H2/t9-,10-,11?,12?/m1/s1. The molecule has 112 valence electrons. The summed E-state index contributed by atoms with van der Waals surface area (Å²) in [4.78, 5) is 11.6. The molecule has 0 amide bonds. The van der Waals surface area contributed by atoms with E-state index in [4.69, 9.17) is 14.9 Å². The van der Waals surface area contributed by atoms with Gasteiger partial charge in [0.1, 0.15) is 31.0 Å². The molecule has 0 aliphatic rings. The second-order valence-corrected chi connectivity index (χ2v) is 4.26. The summed E-state index contributed by atoms with van der Waals surface area (Å²) in [6.07, 6.45) is -6.67. The summed E-state index contributed by atoms with van der Waals surface area (Å²) in [7, 11) is 0. The van der Waals surface area contributed by atoms with Crippen LogP contribution in [-0.4, -0.2) is 69.1 Å². The van der Waals surface area contributed by atoms with E-state index >= 15 is 0 Å². The van der Waals surface area contributed by atoms with Crippen LogP contribution in [0.1, 0.15) is 10.4 Å². The number of ether oxygens (including phenoxy) is 1. The summed E-state index contributed by atoms with van der Waals surface area (Å²) in [6, 6.07) is 8.06. The Morgan fingerprint density at radius 1 is 1.00 bits per heavy atom. The number of hydrogen-bond acceptors (Lipinski definition) is 7. The van der Waals surface area contributed by atoms with Crippen molar-refractivity contribution in [2.45, 2.75) is 24.4 Å². The highest BCUT2D eigenvalue weighted by Gasteiger charge is 2.30. The Bertz CT molecular complexity index is 408. The fraction of sp³-hybridized carbons (Fsp3) is 0.462. The first kappa shape index (κ1) is 16.5. The maximum Gasteiger partial charge on any atom is 0.338 e. The fourth-order valence-electron chi connectivity index (χ4n) is 1.48. The average Bonchev–Trinajstić information content (AvgIpc) is 2.50. The van der Waals surface area contributed by atoms with E-state index in [-0.39, 0.29) is 5.56 Å². The smallest absolute Gasteiger partial charge is 0.338 e. The van der Waals surface area contributed by atoms with Crippen LogP contribution in [0.3, 0.4) is 0 Å². The quantitative estimate of drug-likeness (QED) is 0.377. The third-order valence-electron chi connectivity index (χ3n) is 2.72. The SMILES string of the molecule is O=C(OC[C@@H](O)C(O)C(O)[C@H](O)CO)c1ccccc1. The molecule has 7 heteroatoms. The summed E-state index contributed by atoms with van der Waals surface area (Å²) < 4.78 is 4.77. The summed E-state index contributed by atoms with van der Waals surface area (Å²) in [6.45, 7) is -1.32. The maximum atomic E-state index is 11.6. The van der Waals surface area contributed by atoms with Crippen molar-refractivity contribution in [3.05, 3.63) is 35.9 Å². The Kier molecular flexibility index (Phi) is 6.56. The summed E-state index contributed by atoms with van der Waals surface area (Å²) in [5.74, 6) is -0.686. The third-order valence-corrected chi connectivity index (χ3v) is 2.72. The molecule has 1 rings (SSSR count). The molecule has 0 saturated heterocycles. The van der Waals surface area contributed by atoms with Crippen molar-refractivity contribution in [2.75, 3.05) is 13.2 Å². The molecule has 0 aliphatic carbocycles. The summed E-state index contributed by atoms with van der Waals surface area (Å²) in [5, 5.41) is 46.2. The Hall–Kier alpha value is -1.51. The minimum absolute atomic E-state index is 0.283. The molecule has 0 heterocycles. The second kappa shape index (κ2) is 7.93. The molecule has 0 aromatic heterocycles. The molecule has 0 radical (unpaired) electrons. The zero-order chi connectivity index (χ0) is 15.1. The van der Waals surface area contributed by atoms with Crippen LogP contribution < -0.4 is 0 Å². The van der Waals surface area contributed by atoms with Gasteiger partial charge >= 0.3 is 5.97 Å². The van der Waals surface area contributed by atoms with E-state index in [9.17, 15) is 20.1 Å². The first-order valence-corrected chi connectivity index (χ1v) is 6.02. The Morgan fingerprint density at radius 2 is 1.55 bits per heavy atom. The molecule has 1 aromatic rings. The van der Waals surface area contributed by atoms with Crippen LogP contribution >= 0.6 is 0 Å². The normalized spacial score (nSPS) is 17.1. The van der Waals surface area contributed by atoms with E-state index in [2.05, 4.69) is 0 Å². The minimum Gasteiger partial charge on any atom is -0.459 e. The monoisotopic (exact) mass is 286 g/mol. The van der Waals surface area contributed by atoms with Gasteiger partial charge in [0, 0.05) is 0 Å². The summed E-state index contributed by atoms with van der Waals surface area (Å²) >= 11 is 0. The molecule has 1 aromatic carbocycles. The molecule has 20 heavy (non-hydrogen) atoms. The van der Waals surface area contributed by atoms with E-state index in [1.807, 2.05) is 0 Å². The molecule has 2 unspecified atom stereocenters. The number of esters is 1. The number of rotatable bonds is 7. The Labute approximate surface area is 115 Å². The van der Waals surface area contributed by atoms with Crippen molar-refractivity contribution in [1.82, 2.24) is 0 Å². The highest BCUT2D eigenvalue weighted by atomic mass is 16.5. The predicted molar refractivity (Wildman–Crippen MR) is 67.8 cm³/mol. The van der Waals surface area contributed by atoms with Crippen LogP contribution in [-0.2, 0) is 4.74 Å². The number of carbonyl (C=O) groups is 1. The van der Waals surface area contributed by atoms with Gasteiger partial charge in [-0.25, -0.2) is 4.79 Å². The van der Waals surface area contributed by atoms with Gasteiger partial charge in [-0.15, -0.1) is 0 Å². The molecule has 5 N–H and O–H groups in total. The number of hydrogen-bond donors (Lipinski definition) is 5. The number of benzene rings is 1. The first-order valence-electron chi connectivity index (χ1n) is 6.02. The second-order valence-electron chi connectivity index (χ2n) is 4.26. The van der Waals surface area contributed by atoms with E-state index in [0.29, 0.717) is 0 Å². The van der Waals surface area contributed by atoms with Crippen LogP contribution in [0, 0.1) is 0 Å². The number of aliphatic hydroxyl groups excluding tert-OH is 5. The van der Waals surface area contributed by atoms with Crippen LogP contribution in [0.5, 0.6) is 0 Å². The molecule has 0 bridgehead atoms. The zero-order valence-electron chi connectivity index (χ0n) is 10.7. The van der Waals surface area contributed by atoms with Crippen molar-refractivity contribution in [1.29, 1.82) is 0 Å². The Balaban J connectivity index is 2.47. The largest absolute Gasteiger partial charge is 0.459 e. The van der Waals surface area contributed by atoms with E-state index in [1.165, 1.54) is 12.1 Å². The van der Waals surface area contributed by atoms with Gasteiger partial charge in [0.25, 0.3) is 0 Å². The van der Waals surface area contributed by atoms with Crippen LogP contribution in [0.4, 0.5) is 0 Å². The number of carbonyl (C=O) groups excluding carboxylic acids is 1. The number of aliphatic hydroxyl groups is 5. The lowest BCUT2D eigenvalue weighted by atomic mass is 10.0. The lowest BCUT2D eigenvalue weighted by Gasteiger charge is -2.25. The van der Waals surface area contributed by atoms with Gasteiger partial charge in [0.05, 0.1) is 12.2 Å². The van der Waals surface area contributed by atoms with Crippen molar-refractivity contribution in [3.63, 3.8) is 0 Å². The van der Waals surface area contributed by atoms with E-state index in [0.717, 1.165) is 0 Å². The highest BCUT2D eigenvalue weighted by molar-refractivity contribution is 5.89. The topological polar surface area (TPSA) is 127 Å². The zero-order valence-corrected chi connectivity index (χ0v) is 10.7.